The fraction of sp³-hybridized carbons (Fsp3) is 0. The highest BCUT2D eigenvalue weighted by molar-refractivity contribution is 7.91. The van der Waals surface area contributed by atoms with Gasteiger partial charge in [-0.3, -0.25) is 5.84 Å². The van der Waals surface area contributed by atoms with Gasteiger partial charge in [0.2, 0.25) is 4.34 Å². The van der Waals surface area contributed by atoms with Gasteiger partial charge < -0.3 is 0 Å². The number of nitrogens with two attached hydrogens (primary N) is 1. The molecule has 0 fully saturated rings. The van der Waals surface area contributed by atoms with Crippen LogP contribution < -0.4 is 10.7 Å². The molecule has 0 aliphatic rings. The molecule has 3 N–H and O–H groups in total. The van der Waals surface area contributed by atoms with Gasteiger partial charge in [0.25, 0.3) is 10.0 Å². The summed E-state index contributed by atoms with van der Waals surface area (Å²) in [6.45, 7) is 0. The van der Waals surface area contributed by atoms with Gasteiger partial charge in [-0.25, -0.2) is 8.42 Å². The van der Waals surface area contributed by atoms with Crippen molar-refractivity contribution in [2.24, 2.45) is 5.84 Å². The van der Waals surface area contributed by atoms with Gasteiger partial charge in [-0.15, -0.1) is 15.0 Å². The summed E-state index contributed by atoms with van der Waals surface area (Å²) in [6.07, 6.45) is 0. The van der Waals surface area contributed by atoms with E-state index in [0.29, 0.717) is 0 Å². The second-order valence-corrected chi connectivity index (χ2v) is 4.05. The Bertz CT molecular complexity index is 289. The van der Waals surface area contributed by atoms with E-state index in [9.17, 15) is 8.42 Å². The lowest BCUT2D eigenvalue weighted by atomic mass is 11.6. The summed E-state index contributed by atoms with van der Waals surface area (Å²) in [4.78, 5) is 1.62. The Kier molecular flexibility index (Phi) is 1.94. The highest BCUT2D eigenvalue weighted by Crippen LogP contribution is 2.07. The first-order chi connectivity index (χ1) is 4.67. The van der Waals surface area contributed by atoms with Crippen LogP contribution in [0.3, 0.4) is 0 Å². The van der Waals surface area contributed by atoms with Crippen molar-refractivity contribution < 1.29 is 8.42 Å². The summed E-state index contributed by atoms with van der Waals surface area (Å²) >= 11 is 0.902. The van der Waals surface area contributed by atoms with Crippen LogP contribution in [0.2, 0.25) is 0 Å². The summed E-state index contributed by atoms with van der Waals surface area (Å²) < 4.78 is 21.3. The average molecular weight is 180 g/mol. The van der Waals surface area contributed by atoms with E-state index in [1.807, 2.05) is 0 Å². The van der Waals surface area contributed by atoms with Crippen molar-refractivity contribution >= 4 is 21.4 Å². The van der Waals surface area contributed by atoms with Crippen LogP contribution in [-0.2, 0) is 10.0 Å². The molecule has 0 spiro atoms. The second kappa shape index (κ2) is 2.58. The molecule has 0 unspecified atom stereocenters. The lowest BCUT2D eigenvalue weighted by Gasteiger charge is -1.92. The normalized spacial score (nSPS) is 11.7. The van der Waals surface area contributed by atoms with E-state index in [1.54, 1.807) is 4.83 Å². The van der Waals surface area contributed by atoms with E-state index in [2.05, 4.69) is 10.2 Å². The zero-order valence-corrected chi connectivity index (χ0v) is 6.32. The molecule has 1 aromatic heterocycles. The van der Waals surface area contributed by atoms with Crippen LogP contribution in [0.4, 0.5) is 0 Å². The largest absolute Gasteiger partial charge is 0.282 e. The number of nitrogens with zero attached hydrogens (tertiary/aromatic N) is 2. The minimum absolute atomic E-state index is 0.130. The molecule has 0 saturated carbocycles. The fourth-order valence-electron chi connectivity index (χ4n) is 0.330. The first-order valence-corrected chi connectivity index (χ1v) is 4.51. The maximum Gasteiger partial charge on any atom is 0.282 e. The standard InChI is InChI=1S/C2H4N4O2S2/c3-6-10(7,8)2-5-4-1-9-2/h1,6H,3H2. The van der Waals surface area contributed by atoms with Crippen molar-refractivity contribution in [2.75, 3.05) is 0 Å². The zero-order chi connectivity index (χ0) is 7.61. The Morgan fingerprint density at radius 3 is 2.80 bits per heavy atom. The molecule has 0 amide bonds. The quantitative estimate of drug-likeness (QED) is 0.435. The third-order valence-electron chi connectivity index (χ3n) is 0.725. The van der Waals surface area contributed by atoms with Crippen LogP contribution in [-0.4, -0.2) is 18.6 Å². The number of nitrogens with one attached hydrogen (secondary N) is 1. The van der Waals surface area contributed by atoms with Crippen LogP contribution in [0.25, 0.3) is 0 Å². The minimum Gasteiger partial charge on any atom is -0.257 e. The zero-order valence-electron chi connectivity index (χ0n) is 4.68. The maximum absolute atomic E-state index is 10.7. The Labute approximate surface area is 61.1 Å². The Hall–Kier alpha value is -0.570. The fourth-order valence-corrected chi connectivity index (χ4v) is 1.64. The molecular weight excluding hydrogens is 176 g/mol. The van der Waals surface area contributed by atoms with Crippen molar-refractivity contribution in [3.05, 3.63) is 5.51 Å². The third-order valence-corrected chi connectivity index (χ3v) is 3.01. The molecule has 1 heterocycles. The van der Waals surface area contributed by atoms with E-state index >= 15 is 0 Å². The van der Waals surface area contributed by atoms with Gasteiger partial charge in [0.05, 0.1) is 0 Å². The van der Waals surface area contributed by atoms with Crippen molar-refractivity contribution in [3.63, 3.8) is 0 Å². The lowest BCUT2D eigenvalue weighted by molar-refractivity contribution is 0.582. The van der Waals surface area contributed by atoms with Gasteiger partial charge >= 0.3 is 0 Å². The first kappa shape index (κ1) is 7.54. The molecule has 0 atom stereocenters. The molecule has 0 radical (unpaired) electrons. The number of rotatable bonds is 2. The molecular formula is C2H4N4O2S2. The van der Waals surface area contributed by atoms with Crippen LogP contribution in [0, 0.1) is 0 Å². The number of hydrogen-bond acceptors (Lipinski definition) is 6. The molecule has 10 heavy (non-hydrogen) atoms. The van der Waals surface area contributed by atoms with Crippen LogP contribution in [0.15, 0.2) is 9.85 Å². The van der Waals surface area contributed by atoms with E-state index in [-0.39, 0.29) is 4.34 Å². The summed E-state index contributed by atoms with van der Waals surface area (Å²) in [5.74, 6) is 4.70. The summed E-state index contributed by atoms with van der Waals surface area (Å²) in [5.41, 5.74) is 1.31. The topological polar surface area (TPSA) is 98.0 Å². The van der Waals surface area contributed by atoms with E-state index in [1.165, 1.54) is 5.51 Å². The first-order valence-electron chi connectivity index (χ1n) is 2.15. The number of sulfonamides is 1. The third kappa shape index (κ3) is 1.29. The smallest absolute Gasteiger partial charge is 0.257 e. The number of hydrazine groups is 1. The van der Waals surface area contributed by atoms with Crippen molar-refractivity contribution in [1.82, 2.24) is 15.0 Å². The van der Waals surface area contributed by atoms with E-state index < -0.39 is 10.0 Å². The second-order valence-electron chi connectivity index (χ2n) is 1.33. The van der Waals surface area contributed by atoms with Gasteiger partial charge in [0, 0.05) is 0 Å². The van der Waals surface area contributed by atoms with Crippen molar-refractivity contribution in [3.8, 4) is 0 Å². The molecule has 56 valence electrons. The van der Waals surface area contributed by atoms with Gasteiger partial charge in [-0.05, 0) is 0 Å². The average Bonchev–Trinajstić information content (AvgIpc) is 2.38. The van der Waals surface area contributed by atoms with Crippen LogP contribution in [0.5, 0.6) is 0 Å². The minimum atomic E-state index is -3.58. The summed E-state index contributed by atoms with van der Waals surface area (Å²) in [7, 11) is -3.58. The van der Waals surface area contributed by atoms with Crippen molar-refractivity contribution in [1.29, 1.82) is 0 Å². The van der Waals surface area contributed by atoms with Crippen LogP contribution in [0.1, 0.15) is 0 Å². The van der Waals surface area contributed by atoms with Gasteiger partial charge in [-0.1, -0.05) is 11.3 Å². The molecule has 6 nitrogen and oxygen atoms in total. The van der Waals surface area contributed by atoms with Crippen LogP contribution >= 0.6 is 11.3 Å². The van der Waals surface area contributed by atoms with E-state index in [0.717, 1.165) is 11.3 Å². The summed E-state index contributed by atoms with van der Waals surface area (Å²) in [5, 5.41) is 6.63. The maximum atomic E-state index is 10.7. The molecule has 8 heteroatoms. The Morgan fingerprint density at radius 1 is 1.70 bits per heavy atom. The van der Waals surface area contributed by atoms with Gasteiger partial charge in [0.15, 0.2) is 0 Å². The molecule has 0 aromatic carbocycles. The predicted molar refractivity (Wildman–Crippen MR) is 34.4 cm³/mol. The summed E-state index contributed by atoms with van der Waals surface area (Å²) in [6, 6.07) is 0. The molecule has 0 aliphatic carbocycles. The predicted octanol–water partition coefficient (Wildman–Crippen LogP) is -1.31. The molecule has 0 bridgehead atoms. The number of hydrogen-bond donors (Lipinski definition) is 2. The number of aromatic nitrogens is 2. The Morgan fingerprint density at radius 2 is 2.40 bits per heavy atom. The highest BCUT2D eigenvalue weighted by atomic mass is 32.2. The lowest BCUT2D eigenvalue weighted by Crippen LogP contribution is -2.30. The molecule has 1 rings (SSSR count). The monoisotopic (exact) mass is 180 g/mol. The highest BCUT2D eigenvalue weighted by Gasteiger charge is 2.14. The molecule has 0 aliphatic heterocycles. The molecule has 1 aromatic rings. The van der Waals surface area contributed by atoms with Crippen molar-refractivity contribution in [2.45, 2.75) is 4.34 Å². The SMILES string of the molecule is NNS(=O)(=O)c1nncs1. The van der Waals surface area contributed by atoms with Gasteiger partial charge in [-0.2, -0.15) is 0 Å². The molecule has 0 saturated heterocycles. The van der Waals surface area contributed by atoms with Gasteiger partial charge in [0.1, 0.15) is 5.51 Å². The van der Waals surface area contributed by atoms with E-state index in [4.69, 9.17) is 5.84 Å². The Balaban J connectivity index is 3.09.